The number of anilines is 1. The Hall–Kier alpha value is -3.13. The van der Waals surface area contributed by atoms with Crippen molar-refractivity contribution in [2.45, 2.75) is 0 Å². The van der Waals surface area contributed by atoms with Crippen molar-refractivity contribution in [1.82, 2.24) is 0 Å². The molecule has 8 heteroatoms. The van der Waals surface area contributed by atoms with Gasteiger partial charge in [-0.05, 0) is 23.6 Å². The number of para-hydroxylation sites is 1. The number of hydrogen-bond donors (Lipinski definition) is 1. The van der Waals surface area contributed by atoms with E-state index in [9.17, 15) is 14.4 Å². The lowest BCUT2D eigenvalue weighted by atomic mass is 10.2. The number of ether oxygens (including phenoxy) is 2. The molecule has 25 heavy (non-hydrogen) atoms. The van der Waals surface area contributed by atoms with Crippen LogP contribution in [0.4, 0.5) is 5.69 Å². The molecule has 128 valence electrons. The van der Waals surface area contributed by atoms with Crippen LogP contribution >= 0.6 is 11.3 Å². The number of carbonyl (C=O) groups is 2. The average Bonchev–Trinajstić information content (AvgIpc) is 3.06. The predicted molar refractivity (Wildman–Crippen MR) is 92.3 cm³/mol. The van der Waals surface area contributed by atoms with Crippen LogP contribution in [-0.4, -0.2) is 25.6 Å². The monoisotopic (exact) mass is 359 g/mol. The number of benzene rings is 1. The summed E-state index contributed by atoms with van der Waals surface area (Å²) in [4.78, 5) is 35.5. The summed E-state index contributed by atoms with van der Waals surface area (Å²) in [5, 5.41) is 4.83. The minimum absolute atomic E-state index is 0.250. The molecule has 0 saturated heterocycles. The fourth-order valence-electron chi connectivity index (χ4n) is 2.19. The molecule has 0 radical (unpaired) electrons. The van der Waals surface area contributed by atoms with E-state index in [1.54, 1.807) is 35.7 Å². The highest BCUT2D eigenvalue weighted by Crippen LogP contribution is 2.24. The Morgan fingerprint density at radius 1 is 1.24 bits per heavy atom. The van der Waals surface area contributed by atoms with E-state index in [1.807, 2.05) is 0 Å². The van der Waals surface area contributed by atoms with Crippen LogP contribution in [0.15, 0.2) is 51.0 Å². The topological polar surface area (TPSA) is 94.8 Å². The molecule has 0 saturated carbocycles. The first kappa shape index (κ1) is 16.7. The Bertz CT molecular complexity index is 990. The van der Waals surface area contributed by atoms with Gasteiger partial charge in [0, 0.05) is 0 Å². The third-order valence-corrected chi connectivity index (χ3v) is 4.18. The van der Waals surface area contributed by atoms with Gasteiger partial charge in [0.1, 0.15) is 16.2 Å². The summed E-state index contributed by atoms with van der Waals surface area (Å²) in [5.74, 6) is -0.751. The average molecular weight is 359 g/mol. The van der Waals surface area contributed by atoms with Gasteiger partial charge in [-0.2, -0.15) is 0 Å². The molecule has 7 nitrogen and oxygen atoms in total. The summed E-state index contributed by atoms with van der Waals surface area (Å²) in [7, 11) is 1.27. The smallest absolute Gasteiger partial charge is 0.350 e. The third-order valence-electron chi connectivity index (χ3n) is 3.28. The molecule has 0 aliphatic rings. The van der Waals surface area contributed by atoms with Crippen LogP contribution in [0.3, 0.4) is 0 Å². The van der Waals surface area contributed by atoms with Crippen LogP contribution < -0.4 is 15.7 Å². The lowest BCUT2D eigenvalue weighted by molar-refractivity contribution is -0.118. The Labute approximate surface area is 145 Å². The van der Waals surface area contributed by atoms with E-state index in [1.165, 1.54) is 13.2 Å². The number of carbonyl (C=O) groups excluding carboxylic acids is 2. The highest BCUT2D eigenvalue weighted by molar-refractivity contribution is 7.12. The zero-order valence-corrected chi connectivity index (χ0v) is 13.9. The summed E-state index contributed by atoms with van der Waals surface area (Å²) in [6.45, 7) is -0.329. The molecule has 2 aromatic heterocycles. The minimum atomic E-state index is -0.570. The standard InChI is InChI=1S/C17H13NO6S/c1-22-17(21)16-11(6-7-25-16)18-14(19)9-23-13-8-15(20)24-12-5-3-2-4-10(12)13/h2-8H,9H2,1H3,(H,18,19). The van der Waals surface area contributed by atoms with Gasteiger partial charge in [-0.25, -0.2) is 9.59 Å². The molecule has 0 atom stereocenters. The summed E-state index contributed by atoms with van der Waals surface area (Å²) in [6, 6.07) is 9.63. The molecule has 3 rings (SSSR count). The number of methoxy groups -OCH3 is 1. The molecule has 3 aromatic rings. The van der Waals surface area contributed by atoms with Crippen molar-refractivity contribution in [3.63, 3.8) is 0 Å². The second-order valence-corrected chi connectivity index (χ2v) is 5.83. The fourth-order valence-corrected chi connectivity index (χ4v) is 2.96. The summed E-state index contributed by atoms with van der Waals surface area (Å²) >= 11 is 1.16. The van der Waals surface area contributed by atoms with Crippen molar-refractivity contribution >= 4 is 39.9 Å². The van der Waals surface area contributed by atoms with Crippen molar-refractivity contribution in [3.8, 4) is 5.75 Å². The first-order valence-corrected chi connectivity index (χ1v) is 8.08. The van der Waals surface area contributed by atoms with Gasteiger partial charge in [0.25, 0.3) is 5.91 Å². The summed E-state index contributed by atoms with van der Waals surface area (Å²) in [5.41, 5.74) is 0.152. The van der Waals surface area contributed by atoms with Crippen LogP contribution in [-0.2, 0) is 9.53 Å². The van der Waals surface area contributed by atoms with E-state index in [0.717, 1.165) is 11.3 Å². The van der Waals surface area contributed by atoms with Crippen molar-refractivity contribution in [2.24, 2.45) is 0 Å². The molecule has 0 fully saturated rings. The van der Waals surface area contributed by atoms with Gasteiger partial charge in [0.05, 0.1) is 24.2 Å². The molecule has 0 aliphatic carbocycles. The van der Waals surface area contributed by atoms with E-state index < -0.39 is 17.5 Å². The molecular formula is C17H13NO6S. The van der Waals surface area contributed by atoms with E-state index in [0.29, 0.717) is 21.5 Å². The lowest BCUT2D eigenvalue weighted by Gasteiger charge is -2.09. The van der Waals surface area contributed by atoms with E-state index in [-0.39, 0.29) is 12.4 Å². The number of thiophene rings is 1. The molecule has 0 aliphatic heterocycles. The number of fused-ring (bicyclic) bond motifs is 1. The van der Waals surface area contributed by atoms with Gasteiger partial charge in [0.15, 0.2) is 6.61 Å². The van der Waals surface area contributed by atoms with Gasteiger partial charge < -0.3 is 19.2 Å². The van der Waals surface area contributed by atoms with Gasteiger partial charge in [-0.3, -0.25) is 4.79 Å². The molecule has 0 spiro atoms. The van der Waals surface area contributed by atoms with Crippen molar-refractivity contribution in [2.75, 3.05) is 19.0 Å². The van der Waals surface area contributed by atoms with Gasteiger partial charge in [-0.15, -0.1) is 11.3 Å². The second-order valence-electron chi connectivity index (χ2n) is 4.92. The molecule has 1 amide bonds. The van der Waals surface area contributed by atoms with Gasteiger partial charge in [0.2, 0.25) is 0 Å². The minimum Gasteiger partial charge on any atom is -0.483 e. The largest absolute Gasteiger partial charge is 0.483 e. The first-order chi connectivity index (χ1) is 12.1. The molecule has 1 N–H and O–H groups in total. The molecule has 0 bridgehead atoms. The number of nitrogens with one attached hydrogen (secondary N) is 1. The van der Waals surface area contributed by atoms with Crippen LogP contribution in [0.1, 0.15) is 9.67 Å². The number of esters is 1. The molecular weight excluding hydrogens is 346 g/mol. The highest BCUT2D eigenvalue weighted by atomic mass is 32.1. The van der Waals surface area contributed by atoms with Crippen molar-refractivity contribution < 1.29 is 23.5 Å². The van der Waals surface area contributed by atoms with E-state index in [2.05, 4.69) is 10.1 Å². The van der Waals surface area contributed by atoms with Crippen LogP contribution in [0.2, 0.25) is 0 Å². The zero-order chi connectivity index (χ0) is 17.8. The fraction of sp³-hybridized carbons (Fsp3) is 0.118. The van der Waals surface area contributed by atoms with Crippen LogP contribution in [0.25, 0.3) is 11.0 Å². The van der Waals surface area contributed by atoms with E-state index >= 15 is 0 Å². The number of amides is 1. The molecule has 1 aromatic carbocycles. The Kier molecular flexibility index (Phi) is 4.80. The Morgan fingerprint density at radius 3 is 2.84 bits per heavy atom. The highest BCUT2D eigenvalue weighted by Gasteiger charge is 2.16. The van der Waals surface area contributed by atoms with Crippen molar-refractivity contribution in [3.05, 3.63) is 57.1 Å². The molecule has 0 unspecified atom stereocenters. The maximum absolute atomic E-state index is 12.1. The van der Waals surface area contributed by atoms with Gasteiger partial charge >= 0.3 is 11.6 Å². The van der Waals surface area contributed by atoms with Crippen LogP contribution in [0, 0.1) is 0 Å². The third kappa shape index (κ3) is 3.69. The Morgan fingerprint density at radius 2 is 2.04 bits per heavy atom. The maximum atomic E-state index is 12.1. The van der Waals surface area contributed by atoms with E-state index in [4.69, 9.17) is 9.15 Å². The first-order valence-electron chi connectivity index (χ1n) is 7.20. The normalized spacial score (nSPS) is 10.4. The summed E-state index contributed by atoms with van der Waals surface area (Å²) in [6.07, 6.45) is 0. The summed E-state index contributed by atoms with van der Waals surface area (Å²) < 4.78 is 15.2. The molecule has 2 heterocycles. The Balaban J connectivity index is 1.72. The maximum Gasteiger partial charge on any atom is 0.350 e. The number of rotatable bonds is 5. The quantitative estimate of drug-likeness (QED) is 0.556. The van der Waals surface area contributed by atoms with Crippen molar-refractivity contribution in [1.29, 1.82) is 0 Å². The number of hydrogen-bond acceptors (Lipinski definition) is 7. The van der Waals surface area contributed by atoms with Gasteiger partial charge in [-0.1, -0.05) is 12.1 Å². The lowest BCUT2D eigenvalue weighted by Crippen LogP contribution is -2.21. The second kappa shape index (κ2) is 7.18. The van der Waals surface area contributed by atoms with Crippen LogP contribution in [0.5, 0.6) is 5.75 Å². The SMILES string of the molecule is COC(=O)c1sccc1NC(=O)COc1cc(=O)oc2ccccc12. The zero-order valence-electron chi connectivity index (χ0n) is 13.1. The predicted octanol–water partition coefficient (Wildman–Crippen LogP) is 2.66.